The summed E-state index contributed by atoms with van der Waals surface area (Å²) in [6, 6.07) is 11.5. The van der Waals surface area contributed by atoms with Gasteiger partial charge in [0.05, 0.1) is 0 Å². The summed E-state index contributed by atoms with van der Waals surface area (Å²) in [6.45, 7) is 0.913. The molecule has 8 nitrogen and oxygen atoms in total. The summed E-state index contributed by atoms with van der Waals surface area (Å²) in [5.74, 6) is -1.81. The number of nitrogens with one attached hydrogen (secondary N) is 2. The molecule has 1 aromatic carbocycles. The minimum Gasteiger partial charge on any atom is -0.475 e. The number of furan rings is 1. The molecule has 1 aliphatic rings. The van der Waals surface area contributed by atoms with Crippen LogP contribution in [0, 0.1) is 0 Å². The summed E-state index contributed by atoms with van der Waals surface area (Å²) >= 11 is 0. The van der Waals surface area contributed by atoms with Gasteiger partial charge in [-0.3, -0.25) is 4.79 Å². The molecule has 3 rings (SSSR count). The van der Waals surface area contributed by atoms with Crippen molar-refractivity contribution >= 4 is 23.6 Å². The Balaban J connectivity index is 1.48. The molecule has 0 radical (unpaired) electrons. The Kier molecular flexibility index (Phi) is 5.21. The van der Waals surface area contributed by atoms with E-state index in [4.69, 9.17) is 9.52 Å². The lowest BCUT2D eigenvalue weighted by molar-refractivity contribution is 0.0638. The van der Waals surface area contributed by atoms with Crippen molar-refractivity contribution in [2.24, 2.45) is 0 Å². The molecule has 26 heavy (non-hydrogen) atoms. The molecule has 1 aliphatic heterocycles. The van der Waals surface area contributed by atoms with E-state index in [0.717, 1.165) is 0 Å². The normalized spacial score (nSPS) is 14.7. The number of benzene rings is 1. The van der Waals surface area contributed by atoms with Crippen molar-refractivity contribution in [2.75, 3.05) is 18.4 Å². The zero-order valence-corrected chi connectivity index (χ0v) is 14.0. The molecule has 136 valence electrons. The standard InChI is InChI=1S/C18H19N3O5/c22-16(14-6-7-15(26-14)17(23)24)21-10-8-13(9-11-21)20-18(25)19-12-4-2-1-3-5-12/h1-7,13H,8-11H2,(H,23,24)(H2,19,20,25). The molecule has 0 aliphatic carbocycles. The first-order valence-corrected chi connectivity index (χ1v) is 8.28. The van der Waals surface area contributed by atoms with Crippen LogP contribution in [0.1, 0.15) is 34.0 Å². The largest absolute Gasteiger partial charge is 0.475 e. The molecule has 8 heteroatoms. The van der Waals surface area contributed by atoms with Crippen LogP contribution in [0.25, 0.3) is 0 Å². The van der Waals surface area contributed by atoms with E-state index in [1.54, 1.807) is 17.0 Å². The molecule has 0 bridgehead atoms. The quantitative estimate of drug-likeness (QED) is 0.778. The second-order valence-electron chi connectivity index (χ2n) is 6.00. The van der Waals surface area contributed by atoms with Gasteiger partial charge in [-0.1, -0.05) is 18.2 Å². The van der Waals surface area contributed by atoms with Crippen LogP contribution in [0.15, 0.2) is 46.9 Å². The summed E-state index contributed by atoms with van der Waals surface area (Å²) < 4.78 is 5.05. The number of carbonyl (C=O) groups excluding carboxylic acids is 2. The van der Waals surface area contributed by atoms with E-state index < -0.39 is 5.97 Å². The Bertz CT molecular complexity index is 794. The van der Waals surface area contributed by atoms with Gasteiger partial charge in [0.1, 0.15) is 0 Å². The number of anilines is 1. The first-order chi connectivity index (χ1) is 12.5. The fourth-order valence-corrected chi connectivity index (χ4v) is 2.82. The van der Waals surface area contributed by atoms with E-state index in [1.165, 1.54) is 12.1 Å². The van der Waals surface area contributed by atoms with Crippen molar-refractivity contribution in [3.63, 3.8) is 0 Å². The number of aromatic carboxylic acids is 1. The van der Waals surface area contributed by atoms with Gasteiger partial charge in [-0.2, -0.15) is 0 Å². The van der Waals surface area contributed by atoms with Crippen molar-refractivity contribution in [2.45, 2.75) is 18.9 Å². The number of piperidine rings is 1. The summed E-state index contributed by atoms with van der Waals surface area (Å²) in [6.07, 6.45) is 1.22. The van der Waals surface area contributed by atoms with Crippen LogP contribution in [-0.2, 0) is 0 Å². The van der Waals surface area contributed by atoms with Crippen LogP contribution < -0.4 is 10.6 Å². The van der Waals surface area contributed by atoms with E-state index >= 15 is 0 Å². The van der Waals surface area contributed by atoms with Crippen molar-refractivity contribution in [3.05, 3.63) is 54.0 Å². The number of carboxylic acids is 1. The maximum Gasteiger partial charge on any atom is 0.371 e. The maximum atomic E-state index is 12.3. The zero-order valence-electron chi connectivity index (χ0n) is 14.0. The predicted molar refractivity (Wildman–Crippen MR) is 93.2 cm³/mol. The van der Waals surface area contributed by atoms with Gasteiger partial charge >= 0.3 is 12.0 Å². The summed E-state index contributed by atoms with van der Waals surface area (Å²) in [5.41, 5.74) is 0.713. The van der Waals surface area contributed by atoms with Crippen LogP contribution in [0.4, 0.5) is 10.5 Å². The minimum atomic E-state index is -1.21. The van der Waals surface area contributed by atoms with Gasteiger partial charge in [0.15, 0.2) is 5.76 Å². The van der Waals surface area contributed by atoms with Crippen LogP contribution in [0.2, 0.25) is 0 Å². The monoisotopic (exact) mass is 357 g/mol. The van der Waals surface area contributed by atoms with Crippen LogP contribution in [0.3, 0.4) is 0 Å². The first-order valence-electron chi connectivity index (χ1n) is 8.28. The molecule has 3 N–H and O–H groups in total. The van der Waals surface area contributed by atoms with Crippen molar-refractivity contribution in [1.29, 1.82) is 0 Å². The lowest BCUT2D eigenvalue weighted by Gasteiger charge is -2.31. The highest BCUT2D eigenvalue weighted by atomic mass is 16.4. The predicted octanol–water partition coefficient (Wildman–Crippen LogP) is 2.40. The minimum absolute atomic E-state index is 0.00984. The van der Waals surface area contributed by atoms with E-state index in [2.05, 4.69) is 10.6 Å². The molecule has 2 heterocycles. The fourth-order valence-electron chi connectivity index (χ4n) is 2.82. The van der Waals surface area contributed by atoms with Crippen molar-refractivity contribution in [3.8, 4) is 0 Å². The number of carbonyl (C=O) groups is 3. The summed E-state index contributed by atoms with van der Waals surface area (Å²) in [5, 5.41) is 14.5. The highest BCUT2D eigenvalue weighted by Gasteiger charge is 2.26. The number of likely N-dealkylation sites (tertiary alicyclic amines) is 1. The number of para-hydroxylation sites is 1. The molecule has 0 atom stereocenters. The molecule has 0 unspecified atom stereocenters. The molecule has 1 aromatic heterocycles. The second-order valence-corrected chi connectivity index (χ2v) is 6.00. The summed E-state index contributed by atoms with van der Waals surface area (Å²) in [7, 11) is 0. The number of carboxylic acid groups (broad SMARTS) is 1. The average Bonchev–Trinajstić information content (AvgIpc) is 3.13. The lowest BCUT2D eigenvalue weighted by Crippen LogP contribution is -2.47. The van der Waals surface area contributed by atoms with Crippen molar-refractivity contribution < 1.29 is 23.9 Å². The Labute approximate surface area is 149 Å². The highest BCUT2D eigenvalue weighted by molar-refractivity contribution is 5.93. The Morgan fingerprint density at radius 2 is 1.65 bits per heavy atom. The van der Waals surface area contributed by atoms with E-state index in [1.807, 2.05) is 18.2 Å². The second kappa shape index (κ2) is 7.73. The topological polar surface area (TPSA) is 112 Å². The maximum absolute atomic E-state index is 12.3. The number of amides is 3. The number of hydrogen-bond acceptors (Lipinski definition) is 4. The average molecular weight is 357 g/mol. The lowest BCUT2D eigenvalue weighted by atomic mass is 10.0. The Hall–Kier alpha value is -3.29. The molecular weight excluding hydrogens is 338 g/mol. The Morgan fingerprint density at radius 3 is 2.27 bits per heavy atom. The van der Waals surface area contributed by atoms with Gasteiger partial charge < -0.3 is 25.1 Å². The van der Waals surface area contributed by atoms with Gasteiger partial charge in [-0.25, -0.2) is 9.59 Å². The molecule has 2 aromatic rings. The number of nitrogens with zero attached hydrogens (tertiary/aromatic N) is 1. The van der Waals surface area contributed by atoms with Gasteiger partial charge in [-0.05, 0) is 37.1 Å². The number of hydrogen-bond donors (Lipinski definition) is 3. The molecule has 3 amide bonds. The molecule has 1 saturated heterocycles. The van der Waals surface area contributed by atoms with Crippen LogP contribution >= 0.6 is 0 Å². The molecule has 0 saturated carbocycles. The third-order valence-corrected chi connectivity index (χ3v) is 4.18. The number of urea groups is 1. The smallest absolute Gasteiger partial charge is 0.371 e. The van der Waals surface area contributed by atoms with Gasteiger partial charge in [-0.15, -0.1) is 0 Å². The van der Waals surface area contributed by atoms with Crippen molar-refractivity contribution in [1.82, 2.24) is 10.2 Å². The Morgan fingerprint density at radius 1 is 1.00 bits per heavy atom. The van der Waals surface area contributed by atoms with Gasteiger partial charge in [0.2, 0.25) is 5.76 Å². The van der Waals surface area contributed by atoms with Crippen LogP contribution in [-0.4, -0.2) is 47.0 Å². The molecule has 1 fully saturated rings. The first kappa shape index (κ1) is 17.5. The van der Waals surface area contributed by atoms with Gasteiger partial charge in [0.25, 0.3) is 5.91 Å². The summed E-state index contributed by atoms with van der Waals surface area (Å²) in [4.78, 5) is 36.8. The van der Waals surface area contributed by atoms with E-state index in [0.29, 0.717) is 31.6 Å². The SMILES string of the molecule is O=C(Nc1ccccc1)NC1CCN(C(=O)c2ccc(C(=O)O)o2)CC1. The van der Waals surface area contributed by atoms with Gasteiger partial charge in [0, 0.05) is 24.8 Å². The zero-order chi connectivity index (χ0) is 18.5. The fraction of sp³-hybridized carbons (Fsp3) is 0.278. The highest BCUT2D eigenvalue weighted by Crippen LogP contribution is 2.16. The third-order valence-electron chi connectivity index (χ3n) is 4.18. The number of rotatable bonds is 4. The van der Waals surface area contributed by atoms with E-state index in [9.17, 15) is 14.4 Å². The third kappa shape index (κ3) is 4.21. The van der Waals surface area contributed by atoms with Crippen LogP contribution in [0.5, 0.6) is 0 Å². The molecule has 0 spiro atoms. The molecular formula is C18H19N3O5. The van der Waals surface area contributed by atoms with E-state index in [-0.39, 0.29) is 29.5 Å².